The second kappa shape index (κ2) is 9.75. The van der Waals surface area contributed by atoms with Gasteiger partial charge in [0.2, 0.25) is 0 Å². The molecule has 3 aliphatic rings. The van der Waals surface area contributed by atoms with Crippen LogP contribution in [0, 0.1) is 5.92 Å². The molecular formula is C23H42N4O3. The summed E-state index contributed by atoms with van der Waals surface area (Å²) in [5.41, 5.74) is -0.665. The molecular weight excluding hydrogens is 380 g/mol. The molecule has 7 nitrogen and oxygen atoms in total. The van der Waals surface area contributed by atoms with Gasteiger partial charge in [-0.25, -0.2) is 9.59 Å². The minimum atomic E-state index is -0.677. The van der Waals surface area contributed by atoms with Gasteiger partial charge in [-0.3, -0.25) is 10.1 Å². The molecule has 1 aliphatic heterocycles. The molecule has 1 heterocycles. The second-order valence-electron chi connectivity index (χ2n) is 10.5. The van der Waals surface area contributed by atoms with Gasteiger partial charge in [-0.15, -0.1) is 0 Å². The van der Waals surface area contributed by atoms with Crippen LogP contribution >= 0.6 is 0 Å². The highest BCUT2D eigenvalue weighted by Gasteiger charge is 2.57. The van der Waals surface area contributed by atoms with Gasteiger partial charge in [-0.2, -0.15) is 5.06 Å². The van der Waals surface area contributed by atoms with Gasteiger partial charge < -0.3 is 10.2 Å². The first-order valence-electron chi connectivity index (χ1n) is 12.1. The van der Waals surface area contributed by atoms with Crippen LogP contribution < -0.4 is 5.32 Å². The molecule has 0 bridgehead atoms. The van der Waals surface area contributed by atoms with E-state index in [2.05, 4.69) is 19.2 Å². The Bertz CT molecular complexity index is 597. The Morgan fingerprint density at radius 2 is 1.67 bits per heavy atom. The highest BCUT2D eigenvalue weighted by Crippen LogP contribution is 2.39. The predicted molar refractivity (Wildman–Crippen MR) is 117 cm³/mol. The van der Waals surface area contributed by atoms with E-state index < -0.39 is 17.7 Å². The number of carbonyl (C=O) groups is 2. The summed E-state index contributed by atoms with van der Waals surface area (Å²) in [5, 5.41) is 14.9. The molecule has 1 atom stereocenters. The van der Waals surface area contributed by atoms with Crippen molar-refractivity contribution in [2.75, 3.05) is 6.54 Å². The monoisotopic (exact) mass is 422 g/mol. The molecule has 7 heteroatoms. The summed E-state index contributed by atoms with van der Waals surface area (Å²) in [4.78, 5) is 30.2. The van der Waals surface area contributed by atoms with Crippen LogP contribution in [0.5, 0.6) is 0 Å². The average Bonchev–Trinajstić information content (AvgIpc) is 2.92. The molecule has 3 rings (SSSR count). The van der Waals surface area contributed by atoms with Crippen LogP contribution in [0.1, 0.15) is 98.3 Å². The van der Waals surface area contributed by atoms with Crippen LogP contribution in [0.2, 0.25) is 0 Å². The first-order valence-corrected chi connectivity index (χ1v) is 12.1. The van der Waals surface area contributed by atoms with E-state index in [0.717, 1.165) is 62.9 Å². The minimum absolute atomic E-state index is 0.0398. The third-order valence-corrected chi connectivity index (χ3v) is 7.31. The number of rotatable bonds is 6. The highest BCUT2D eigenvalue weighted by molar-refractivity contribution is 5.81. The van der Waals surface area contributed by atoms with Gasteiger partial charge >= 0.3 is 12.1 Å². The molecule has 3 fully saturated rings. The van der Waals surface area contributed by atoms with Crippen molar-refractivity contribution in [1.82, 2.24) is 20.2 Å². The van der Waals surface area contributed by atoms with Crippen molar-refractivity contribution >= 4 is 12.1 Å². The van der Waals surface area contributed by atoms with Crippen LogP contribution in [0.25, 0.3) is 0 Å². The standard InChI is InChI=1S/C23H42N4O3/c1-17(2)15-16-25-22(29)26(19-13-9-6-10-14-19)20(23(25,3)4)27(30)21(28)24-18-11-7-5-8-12-18/h17-20,30H,5-16H2,1-4H3,(H,24,28)/t20-/m1/s1. The highest BCUT2D eigenvalue weighted by atomic mass is 16.5. The van der Waals surface area contributed by atoms with Crippen molar-refractivity contribution < 1.29 is 14.8 Å². The van der Waals surface area contributed by atoms with Crippen molar-refractivity contribution in [3.05, 3.63) is 0 Å². The summed E-state index contributed by atoms with van der Waals surface area (Å²) in [6.45, 7) is 8.91. The minimum Gasteiger partial charge on any atom is -0.333 e. The molecule has 0 unspecified atom stereocenters. The Morgan fingerprint density at radius 1 is 1.10 bits per heavy atom. The fourth-order valence-electron chi connectivity index (χ4n) is 5.47. The first kappa shape index (κ1) is 23.2. The van der Waals surface area contributed by atoms with Crippen LogP contribution in [-0.2, 0) is 0 Å². The molecule has 2 N–H and O–H groups in total. The van der Waals surface area contributed by atoms with Crippen LogP contribution in [0.4, 0.5) is 9.59 Å². The number of carbonyl (C=O) groups excluding carboxylic acids is 2. The van der Waals surface area contributed by atoms with Crippen LogP contribution in [-0.4, -0.2) is 62.5 Å². The van der Waals surface area contributed by atoms with Gasteiger partial charge in [0.25, 0.3) is 0 Å². The molecule has 0 aromatic heterocycles. The lowest BCUT2D eigenvalue weighted by molar-refractivity contribution is -0.141. The zero-order chi connectivity index (χ0) is 21.9. The lowest BCUT2D eigenvalue weighted by Gasteiger charge is -2.42. The first-order chi connectivity index (χ1) is 14.2. The smallest absolute Gasteiger partial charge is 0.333 e. The van der Waals surface area contributed by atoms with Crippen molar-refractivity contribution in [1.29, 1.82) is 0 Å². The zero-order valence-electron chi connectivity index (χ0n) is 19.4. The molecule has 0 aromatic rings. The molecule has 0 aromatic carbocycles. The van der Waals surface area contributed by atoms with E-state index in [0.29, 0.717) is 12.5 Å². The van der Waals surface area contributed by atoms with E-state index in [1.165, 1.54) is 12.8 Å². The SMILES string of the molecule is CC(C)CCN1C(=O)N(C2CCCCC2)[C@H](N(O)C(=O)NC2CCCCC2)C1(C)C. The fourth-order valence-corrected chi connectivity index (χ4v) is 5.47. The molecule has 1 saturated heterocycles. The Labute approximate surface area is 182 Å². The number of hydrogen-bond donors (Lipinski definition) is 2. The lowest BCUT2D eigenvalue weighted by Crippen LogP contribution is -2.61. The van der Waals surface area contributed by atoms with E-state index >= 15 is 0 Å². The third kappa shape index (κ3) is 4.87. The number of hydrogen-bond acceptors (Lipinski definition) is 3. The number of urea groups is 2. The maximum atomic E-state index is 13.5. The van der Waals surface area contributed by atoms with Gasteiger partial charge in [-0.1, -0.05) is 52.4 Å². The van der Waals surface area contributed by atoms with Crippen molar-refractivity contribution in [3.63, 3.8) is 0 Å². The van der Waals surface area contributed by atoms with E-state index in [1.807, 2.05) is 23.6 Å². The topological polar surface area (TPSA) is 76.1 Å². The summed E-state index contributed by atoms with van der Waals surface area (Å²) >= 11 is 0. The summed E-state index contributed by atoms with van der Waals surface area (Å²) in [5.74, 6) is 0.482. The van der Waals surface area contributed by atoms with E-state index in [4.69, 9.17) is 0 Å². The summed E-state index contributed by atoms with van der Waals surface area (Å²) in [7, 11) is 0. The maximum absolute atomic E-state index is 13.5. The summed E-state index contributed by atoms with van der Waals surface area (Å²) < 4.78 is 0. The van der Waals surface area contributed by atoms with Gasteiger partial charge in [0.05, 0.1) is 5.54 Å². The largest absolute Gasteiger partial charge is 0.343 e. The molecule has 4 amide bonds. The second-order valence-corrected chi connectivity index (χ2v) is 10.5. The van der Waals surface area contributed by atoms with Gasteiger partial charge in [0, 0.05) is 18.6 Å². The van der Waals surface area contributed by atoms with Crippen molar-refractivity contribution in [2.45, 2.75) is 122 Å². The Hall–Kier alpha value is -1.50. The maximum Gasteiger partial charge on any atom is 0.343 e. The molecule has 0 spiro atoms. The van der Waals surface area contributed by atoms with Crippen molar-refractivity contribution in [3.8, 4) is 0 Å². The average molecular weight is 423 g/mol. The molecule has 2 saturated carbocycles. The quantitative estimate of drug-likeness (QED) is 0.470. The number of amides is 4. The Balaban J connectivity index is 1.82. The lowest BCUT2D eigenvalue weighted by atomic mass is 9.92. The third-order valence-electron chi connectivity index (χ3n) is 7.31. The normalized spacial score (nSPS) is 25.8. The van der Waals surface area contributed by atoms with Gasteiger partial charge in [0.15, 0.2) is 6.17 Å². The summed E-state index contributed by atoms with van der Waals surface area (Å²) in [6.07, 6.45) is 10.8. The zero-order valence-corrected chi connectivity index (χ0v) is 19.4. The summed E-state index contributed by atoms with van der Waals surface area (Å²) in [6, 6.07) is -0.320. The molecule has 0 radical (unpaired) electrons. The number of nitrogens with one attached hydrogen (secondary N) is 1. The van der Waals surface area contributed by atoms with Crippen LogP contribution in [0.3, 0.4) is 0 Å². The fraction of sp³-hybridized carbons (Fsp3) is 0.913. The molecule has 30 heavy (non-hydrogen) atoms. The van der Waals surface area contributed by atoms with Crippen LogP contribution in [0.15, 0.2) is 0 Å². The predicted octanol–water partition coefficient (Wildman–Crippen LogP) is 4.94. The van der Waals surface area contributed by atoms with E-state index in [9.17, 15) is 14.8 Å². The van der Waals surface area contributed by atoms with Crippen molar-refractivity contribution in [2.24, 2.45) is 5.92 Å². The molecule has 2 aliphatic carbocycles. The number of nitrogens with zero attached hydrogens (tertiary/aromatic N) is 3. The van der Waals surface area contributed by atoms with Gasteiger partial charge in [-0.05, 0) is 51.9 Å². The van der Waals surface area contributed by atoms with Gasteiger partial charge in [0.1, 0.15) is 0 Å². The number of hydroxylamine groups is 2. The molecule has 172 valence electrons. The van der Waals surface area contributed by atoms with E-state index in [1.54, 1.807) is 0 Å². The Kier molecular flexibility index (Phi) is 7.53. The Morgan fingerprint density at radius 3 is 2.23 bits per heavy atom. The van der Waals surface area contributed by atoms with E-state index in [-0.39, 0.29) is 18.1 Å².